The fourth-order valence-corrected chi connectivity index (χ4v) is 5.70. The summed E-state index contributed by atoms with van der Waals surface area (Å²) in [7, 11) is -3.27. The van der Waals surface area contributed by atoms with Crippen LogP contribution in [0.2, 0.25) is 0 Å². The molecule has 150 valence electrons. The van der Waals surface area contributed by atoms with E-state index in [4.69, 9.17) is 13.9 Å². The van der Waals surface area contributed by atoms with E-state index in [2.05, 4.69) is 26.0 Å². The van der Waals surface area contributed by atoms with Crippen LogP contribution in [0.5, 0.6) is 0 Å². The van der Waals surface area contributed by atoms with Gasteiger partial charge >= 0.3 is 7.60 Å². The number of hydrogen-bond donors (Lipinski definition) is 0. The zero-order valence-corrected chi connectivity index (χ0v) is 18.7. The summed E-state index contributed by atoms with van der Waals surface area (Å²) in [5.41, 5.74) is 0.473. The van der Waals surface area contributed by atoms with Crippen LogP contribution in [0.25, 0.3) is 0 Å². The van der Waals surface area contributed by atoms with Crippen molar-refractivity contribution >= 4 is 29.4 Å². The van der Waals surface area contributed by atoms with E-state index in [0.29, 0.717) is 19.0 Å². The van der Waals surface area contributed by atoms with E-state index in [0.717, 1.165) is 30.3 Å². The van der Waals surface area contributed by atoms with Crippen molar-refractivity contribution in [2.75, 3.05) is 31.3 Å². The summed E-state index contributed by atoms with van der Waals surface area (Å²) in [6.07, 6.45) is 2.42. The molecule has 1 heterocycles. The largest absolute Gasteiger partial charge is 0.361 e. The molecule has 3 rings (SSSR count). The van der Waals surface area contributed by atoms with E-state index in [1.54, 1.807) is 0 Å². The first-order valence-electron chi connectivity index (χ1n) is 9.42. The van der Waals surface area contributed by atoms with Crippen LogP contribution in [0.15, 0.2) is 35.5 Å². The van der Waals surface area contributed by atoms with E-state index in [-0.39, 0.29) is 11.6 Å². The second-order valence-electron chi connectivity index (χ2n) is 7.27. The van der Waals surface area contributed by atoms with Gasteiger partial charge in [0.25, 0.3) is 0 Å². The smallest absolute Gasteiger partial charge is 0.338 e. The lowest BCUT2D eigenvalue weighted by molar-refractivity contribution is -0.0948. The molecule has 0 bridgehead atoms. The number of hydrogen-bond acceptors (Lipinski definition) is 6. The Balaban J connectivity index is 1.90. The standard InChI is InChI=1S/C19H28BrN2O4P/c1-4-24-27(23,25-5-2)13-17-21-26-18(3,16-9-7-6-8-10-16)22(17)15-19(14-20)11-12-19/h6-10H,4-5,11-15H2,1-3H3. The highest BCUT2D eigenvalue weighted by Crippen LogP contribution is 2.53. The van der Waals surface area contributed by atoms with Gasteiger partial charge in [0, 0.05) is 24.4 Å². The summed E-state index contributed by atoms with van der Waals surface area (Å²) in [5, 5.41) is 5.26. The Hall–Kier alpha value is -0.880. The molecule has 0 saturated heterocycles. The van der Waals surface area contributed by atoms with E-state index >= 15 is 0 Å². The minimum Gasteiger partial charge on any atom is -0.361 e. The van der Waals surface area contributed by atoms with Crippen LogP contribution in [-0.2, 0) is 24.2 Å². The first kappa shape index (κ1) is 20.8. The fourth-order valence-electron chi connectivity index (χ4n) is 3.34. The number of alkyl halides is 1. The van der Waals surface area contributed by atoms with Crippen molar-refractivity contribution in [3.8, 4) is 0 Å². The van der Waals surface area contributed by atoms with Gasteiger partial charge in [0.2, 0.25) is 5.72 Å². The zero-order valence-electron chi connectivity index (χ0n) is 16.2. The lowest BCUT2D eigenvalue weighted by Crippen LogP contribution is -2.48. The molecular weight excluding hydrogens is 431 g/mol. The maximum absolute atomic E-state index is 13.1. The third-order valence-electron chi connectivity index (χ3n) is 5.19. The van der Waals surface area contributed by atoms with Crippen molar-refractivity contribution in [1.82, 2.24) is 4.90 Å². The van der Waals surface area contributed by atoms with Gasteiger partial charge in [-0.15, -0.1) is 0 Å². The SMILES string of the molecule is CCOP(=O)(CC1=NOC(C)(c2ccccc2)N1CC1(CBr)CC1)OCC. The van der Waals surface area contributed by atoms with Crippen molar-refractivity contribution in [2.24, 2.45) is 10.6 Å². The predicted molar refractivity (Wildman–Crippen MR) is 110 cm³/mol. The normalized spacial score (nSPS) is 23.9. The van der Waals surface area contributed by atoms with Gasteiger partial charge in [-0.2, -0.15) is 0 Å². The highest BCUT2D eigenvalue weighted by molar-refractivity contribution is 9.09. The van der Waals surface area contributed by atoms with Crippen LogP contribution in [0.1, 0.15) is 39.2 Å². The molecule has 1 fully saturated rings. The molecule has 0 amide bonds. The van der Waals surface area contributed by atoms with Gasteiger partial charge in [0.05, 0.1) is 13.2 Å². The topological polar surface area (TPSA) is 60.4 Å². The molecule has 8 heteroatoms. The maximum atomic E-state index is 13.1. The Kier molecular flexibility index (Phi) is 6.36. The van der Waals surface area contributed by atoms with Gasteiger partial charge in [-0.05, 0) is 32.1 Å². The second-order valence-corrected chi connectivity index (χ2v) is 9.89. The van der Waals surface area contributed by atoms with Gasteiger partial charge in [-0.1, -0.05) is 51.4 Å². The molecular formula is C19H28BrN2O4P. The van der Waals surface area contributed by atoms with E-state index < -0.39 is 13.3 Å². The Morgan fingerprint density at radius 2 is 1.85 bits per heavy atom. The summed E-state index contributed by atoms with van der Waals surface area (Å²) in [5.74, 6) is 0.624. The highest BCUT2D eigenvalue weighted by atomic mass is 79.9. The number of halogens is 1. The van der Waals surface area contributed by atoms with E-state index in [1.807, 2.05) is 51.1 Å². The quantitative estimate of drug-likeness (QED) is 0.366. The van der Waals surface area contributed by atoms with Crippen LogP contribution in [-0.4, -0.2) is 42.0 Å². The highest BCUT2D eigenvalue weighted by Gasteiger charge is 2.52. The first-order valence-corrected chi connectivity index (χ1v) is 12.3. The number of rotatable bonds is 10. The van der Waals surface area contributed by atoms with E-state index in [9.17, 15) is 4.57 Å². The Morgan fingerprint density at radius 3 is 2.37 bits per heavy atom. The minimum atomic E-state index is -3.27. The van der Waals surface area contributed by atoms with Crippen molar-refractivity contribution in [3.63, 3.8) is 0 Å². The van der Waals surface area contributed by atoms with Gasteiger partial charge in [0.15, 0.2) is 5.84 Å². The number of nitrogens with zero attached hydrogens (tertiary/aromatic N) is 2. The molecule has 0 aromatic heterocycles. The molecule has 27 heavy (non-hydrogen) atoms. The third-order valence-corrected chi connectivity index (χ3v) is 8.35. The van der Waals surface area contributed by atoms with Crippen LogP contribution < -0.4 is 0 Å². The number of amidine groups is 1. The third kappa shape index (κ3) is 4.42. The van der Waals surface area contributed by atoms with E-state index in [1.165, 1.54) is 0 Å². The number of benzene rings is 1. The Morgan fingerprint density at radius 1 is 1.22 bits per heavy atom. The van der Waals surface area contributed by atoms with Gasteiger partial charge in [-0.3, -0.25) is 4.57 Å². The Bertz CT molecular complexity index is 716. The molecule has 0 radical (unpaired) electrons. The molecule has 6 nitrogen and oxygen atoms in total. The predicted octanol–water partition coefficient (Wildman–Crippen LogP) is 4.95. The van der Waals surface area contributed by atoms with Gasteiger partial charge in [0.1, 0.15) is 6.16 Å². The summed E-state index contributed by atoms with van der Waals surface area (Å²) in [6, 6.07) is 10.0. The summed E-state index contributed by atoms with van der Waals surface area (Å²) >= 11 is 3.65. The van der Waals surface area contributed by atoms with Gasteiger partial charge < -0.3 is 18.8 Å². The van der Waals surface area contributed by atoms with Crippen molar-refractivity contribution in [2.45, 2.75) is 39.3 Å². The molecule has 1 aliphatic carbocycles. The average molecular weight is 459 g/mol. The minimum absolute atomic E-state index is 0.107. The van der Waals surface area contributed by atoms with Crippen molar-refractivity contribution in [1.29, 1.82) is 0 Å². The summed E-state index contributed by atoms with van der Waals surface area (Å²) in [4.78, 5) is 8.08. The molecule has 1 aliphatic heterocycles. The second kappa shape index (κ2) is 8.24. The molecule has 0 N–H and O–H groups in total. The zero-order chi connectivity index (χ0) is 19.5. The Labute approximate surface area is 169 Å². The molecule has 1 atom stereocenters. The fraction of sp³-hybridized carbons (Fsp3) is 0.632. The van der Waals surface area contributed by atoms with Crippen molar-refractivity contribution < 1.29 is 18.5 Å². The molecule has 0 spiro atoms. The first-order chi connectivity index (χ1) is 12.9. The molecule has 2 aliphatic rings. The average Bonchev–Trinajstić information content (AvgIpc) is 3.38. The van der Waals surface area contributed by atoms with Crippen LogP contribution in [0.3, 0.4) is 0 Å². The molecule has 1 aromatic carbocycles. The monoisotopic (exact) mass is 458 g/mol. The number of oxime groups is 1. The van der Waals surface area contributed by atoms with Gasteiger partial charge in [-0.25, -0.2) is 0 Å². The maximum Gasteiger partial charge on any atom is 0.338 e. The molecule has 1 unspecified atom stereocenters. The van der Waals surface area contributed by atoms with Crippen LogP contribution in [0.4, 0.5) is 0 Å². The molecule has 1 saturated carbocycles. The van der Waals surface area contributed by atoms with Crippen LogP contribution in [0, 0.1) is 5.41 Å². The molecule has 1 aromatic rings. The summed E-state index contributed by atoms with van der Waals surface area (Å²) < 4.78 is 24.1. The lowest BCUT2D eigenvalue weighted by Gasteiger charge is -2.37. The lowest BCUT2D eigenvalue weighted by atomic mass is 10.00. The van der Waals surface area contributed by atoms with Crippen LogP contribution >= 0.6 is 23.5 Å². The van der Waals surface area contributed by atoms with Crippen molar-refractivity contribution in [3.05, 3.63) is 35.9 Å². The summed E-state index contributed by atoms with van der Waals surface area (Å²) in [6.45, 7) is 7.07.